The van der Waals surface area contributed by atoms with Crippen molar-refractivity contribution < 1.29 is 0 Å². The number of aromatic nitrogens is 1. The van der Waals surface area contributed by atoms with Crippen LogP contribution in [-0.4, -0.2) is 11.2 Å². The molecule has 0 fully saturated rings. The van der Waals surface area contributed by atoms with Crippen molar-refractivity contribution in [3.63, 3.8) is 0 Å². The maximum absolute atomic E-state index is 8.94. The predicted octanol–water partition coefficient (Wildman–Crippen LogP) is 4.61. The number of nitrogens with zero attached hydrogens (tertiary/aromatic N) is 2. The van der Waals surface area contributed by atoms with Crippen LogP contribution in [0.2, 0.25) is 0 Å². The SMILES string of the molecule is N#Cc1ccsc1/N=C/c1c[nH]c2ccc(Br)cc12. The maximum Gasteiger partial charge on any atom is 0.133 e. The van der Waals surface area contributed by atoms with Gasteiger partial charge in [-0.15, -0.1) is 11.3 Å². The summed E-state index contributed by atoms with van der Waals surface area (Å²) in [5, 5.41) is 12.7. The van der Waals surface area contributed by atoms with E-state index >= 15 is 0 Å². The predicted molar refractivity (Wildman–Crippen MR) is 82.3 cm³/mol. The van der Waals surface area contributed by atoms with Crippen molar-refractivity contribution in [1.82, 2.24) is 4.98 Å². The molecule has 0 amide bonds. The fraction of sp³-hybridized carbons (Fsp3) is 0. The Hall–Kier alpha value is -1.90. The standard InChI is InChI=1S/C14H8BrN3S/c15-11-1-2-13-12(5-11)10(7-17-13)8-18-14-9(6-16)3-4-19-14/h1-5,7-8,17H/b18-8+. The second kappa shape index (κ2) is 5.00. The van der Waals surface area contributed by atoms with Crippen LogP contribution >= 0.6 is 27.3 Å². The Labute approximate surface area is 122 Å². The van der Waals surface area contributed by atoms with Crippen LogP contribution in [0, 0.1) is 11.3 Å². The molecule has 0 saturated carbocycles. The van der Waals surface area contributed by atoms with E-state index in [1.165, 1.54) is 11.3 Å². The number of hydrogen-bond acceptors (Lipinski definition) is 3. The minimum Gasteiger partial charge on any atom is -0.361 e. The van der Waals surface area contributed by atoms with Crippen molar-refractivity contribution in [3.8, 4) is 6.07 Å². The lowest BCUT2D eigenvalue weighted by molar-refractivity contribution is 1.47. The third-order valence-electron chi connectivity index (χ3n) is 2.76. The number of rotatable bonds is 2. The molecule has 3 rings (SSSR count). The highest BCUT2D eigenvalue weighted by Crippen LogP contribution is 2.26. The number of thiophene rings is 1. The monoisotopic (exact) mass is 329 g/mol. The first-order chi connectivity index (χ1) is 9.28. The Morgan fingerprint density at radius 2 is 2.26 bits per heavy atom. The average molecular weight is 330 g/mol. The molecule has 3 nitrogen and oxygen atoms in total. The van der Waals surface area contributed by atoms with Crippen LogP contribution in [0.5, 0.6) is 0 Å². The number of halogens is 1. The minimum atomic E-state index is 0.613. The zero-order valence-electron chi connectivity index (χ0n) is 9.72. The van der Waals surface area contributed by atoms with Gasteiger partial charge in [-0.3, -0.25) is 0 Å². The third-order valence-corrected chi connectivity index (χ3v) is 4.08. The zero-order chi connectivity index (χ0) is 13.2. The Balaban J connectivity index is 2.02. The van der Waals surface area contributed by atoms with Crippen LogP contribution in [0.4, 0.5) is 5.00 Å². The molecule has 0 unspecified atom stereocenters. The largest absolute Gasteiger partial charge is 0.361 e. The van der Waals surface area contributed by atoms with Crippen LogP contribution < -0.4 is 0 Å². The molecule has 0 aliphatic carbocycles. The number of aromatic amines is 1. The molecule has 2 heterocycles. The number of H-pyrrole nitrogens is 1. The number of aliphatic imine (C=N–C) groups is 1. The van der Waals surface area contributed by atoms with Crippen molar-refractivity contribution in [2.24, 2.45) is 4.99 Å². The Morgan fingerprint density at radius 1 is 1.37 bits per heavy atom. The molecule has 0 atom stereocenters. The zero-order valence-corrected chi connectivity index (χ0v) is 12.1. The molecule has 0 aliphatic rings. The molecule has 0 spiro atoms. The first kappa shape index (κ1) is 12.2. The molecule has 1 aromatic carbocycles. The summed E-state index contributed by atoms with van der Waals surface area (Å²) in [5.41, 5.74) is 2.69. The lowest BCUT2D eigenvalue weighted by atomic mass is 10.2. The van der Waals surface area contributed by atoms with E-state index < -0.39 is 0 Å². The molecule has 1 N–H and O–H groups in total. The van der Waals surface area contributed by atoms with Crippen LogP contribution in [0.1, 0.15) is 11.1 Å². The van der Waals surface area contributed by atoms with Gasteiger partial charge in [0.25, 0.3) is 0 Å². The molecular weight excluding hydrogens is 322 g/mol. The van der Waals surface area contributed by atoms with E-state index in [-0.39, 0.29) is 0 Å². The Kier molecular flexibility index (Phi) is 3.20. The van der Waals surface area contributed by atoms with Gasteiger partial charge in [-0.25, -0.2) is 4.99 Å². The van der Waals surface area contributed by atoms with Crippen LogP contribution in [0.3, 0.4) is 0 Å². The molecule has 2 aromatic heterocycles. The van der Waals surface area contributed by atoms with Gasteiger partial charge in [-0.05, 0) is 29.6 Å². The quantitative estimate of drug-likeness (QED) is 0.685. The van der Waals surface area contributed by atoms with Gasteiger partial charge < -0.3 is 4.98 Å². The summed E-state index contributed by atoms with van der Waals surface area (Å²) in [5.74, 6) is 0. The van der Waals surface area contributed by atoms with Gasteiger partial charge in [-0.1, -0.05) is 15.9 Å². The number of benzene rings is 1. The van der Waals surface area contributed by atoms with E-state index in [2.05, 4.69) is 32.0 Å². The first-order valence-electron chi connectivity index (χ1n) is 5.56. The van der Waals surface area contributed by atoms with Crippen molar-refractivity contribution in [3.05, 3.63) is 51.4 Å². The molecule has 92 valence electrons. The van der Waals surface area contributed by atoms with E-state index in [1.807, 2.05) is 29.8 Å². The fourth-order valence-corrected chi connectivity index (χ4v) is 2.88. The lowest BCUT2D eigenvalue weighted by Crippen LogP contribution is -1.77. The molecule has 0 saturated heterocycles. The van der Waals surface area contributed by atoms with E-state index in [0.717, 1.165) is 25.9 Å². The second-order valence-corrected chi connectivity index (χ2v) is 5.75. The van der Waals surface area contributed by atoms with Crippen LogP contribution in [0.25, 0.3) is 10.9 Å². The van der Waals surface area contributed by atoms with E-state index in [0.29, 0.717) is 5.56 Å². The summed E-state index contributed by atoms with van der Waals surface area (Å²) in [6, 6.07) is 9.97. The van der Waals surface area contributed by atoms with Gasteiger partial charge in [0.05, 0.1) is 5.56 Å². The normalized spacial score (nSPS) is 11.2. The van der Waals surface area contributed by atoms with Gasteiger partial charge in [0.2, 0.25) is 0 Å². The molecular formula is C14H8BrN3S. The van der Waals surface area contributed by atoms with E-state index in [9.17, 15) is 0 Å². The molecule has 0 aliphatic heterocycles. The Morgan fingerprint density at radius 3 is 3.11 bits per heavy atom. The topological polar surface area (TPSA) is 51.9 Å². The van der Waals surface area contributed by atoms with Crippen LogP contribution in [0.15, 0.2) is 45.3 Å². The molecule has 0 bridgehead atoms. The molecule has 0 radical (unpaired) electrons. The van der Waals surface area contributed by atoms with E-state index in [1.54, 1.807) is 12.3 Å². The Bertz CT molecular complexity index is 808. The number of fused-ring (bicyclic) bond motifs is 1. The van der Waals surface area contributed by atoms with Gasteiger partial charge in [0, 0.05) is 33.4 Å². The van der Waals surface area contributed by atoms with Gasteiger partial charge in [0.15, 0.2) is 0 Å². The maximum atomic E-state index is 8.94. The van der Waals surface area contributed by atoms with E-state index in [4.69, 9.17) is 5.26 Å². The summed E-state index contributed by atoms with van der Waals surface area (Å²) in [6.07, 6.45) is 3.71. The summed E-state index contributed by atoms with van der Waals surface area (Å²) in [4.78, 5) is 7.60. The van der Waals surface area contributed by atoms with Crippen molar-refractivity contribution >= 4 is 49.4 Å². The van der Waals surface area contributed by atoms with Gasteiger partial charge in [-0.2, -0.15) is 5.26 Å². The molecule has 19 heavy (non-hydrogen) atoms. The number of hydrogen-bond donors (Lipinski definition) is 1. The summed E-state index contributed by atoms with van der Waals surface area (Å²) in [6.45, 7) is 0. The average Bonchev–Trinajstić information content (AvgIpc) is 3.02. The number of nitriles is 1. The van der Waals surface area contributed by atoms with Crippen molar-refractivity contribution in [2.75, 3.05) is 0 Å². The highest BCUT2D eigenvalue weighted by atomic mass is 79.9. The highest BCUT2D eigenvalue weighted by Gasteiger charge is 2.04. The second-order valence-electron chi connectivity index (χ2n) is 3.94. The summed E-state index contributed by atoms with van der Waals surface area (Å²) < 4.78 is 1.03. The molecule has 3 aromatic rings. The molecule has 5 heteroatoms. The third kappa shape index (κ3) is 2.33. The van der Waals surface area contributed by atoms with Crippen LogP contribution in [-0.2, 0) is 0 Å². The summed E-state index contributed by atoms with van der Waals surface area (Å²) >= 11 is 4.93. The lowest BCUT2D eigenvalue weighted by Gasteiger charge is -1.93. The fourth-order valence-electron chi connectivity index (χ4n) is 1.84. The van der Waals surface area contributed by atoms with Gasteiger partial charge >= 0.3 is 0 Å². The first-order valence-corrected chi connectivity index (χ1v) is 7.23. The summed E-state index contributed by atoms with van der Waals surface area (Å²) in [7, 11) is 0. The minimum absolute atomic E-state index is 0.613. The highest BCUT2D eigenvalue weighted by molar-refractivity contribution is 9.10. The van der Waals surface area contributed by atoms with Crippen molar-refractivity contribution in [1.29, 1.82) is 5.26 Å². The van der Waals surface area contributed by atoms with Crippen molar-refractivity contribution in [2.45, 2.75) is 0 Å². The smallest absolute Gasteiger partial charge is 0.133 e. The number of nitrogens with one attached hydrogen (secondary N) is 1. The van der Waals surface area contributed by atoms with Gasteiger partial charge in [0.1, 0.15) is 11.1 Å².